The molecule has 0 amide bonds. The molecule has 2 nitrogen and oxygen atoms in total. The highest BCUT2D eigenvalue weighted by atomic mass is 15.2. The van der Waals surface area contributed by atoms with Crippen molar-refractivity contribution in [1.82, 2.24) is 0 Å². The van der Waals surface area contributed by atoms with Gasteiger partial charge in [-0.05, 0) is 190 Å². The summed E-state index contributed by atoms with van der Waals surface area (Å²) in [6, 6.07) is 67.9. The van der Waals surface area contributed by atoms with Gasteiger partial charge in [0.1, 0.15) is 0 Å². The Morgan fingerprint density at radius 3 is 1.00 bits per heavy atom. The quantitative estimate of drug-likeness (QED) is 0.127. The molecular formula is C60H41BN2. The highest BCUT2D eigenvalue weighted by molar-refractivity contribution is 7.00. The van der Waals surface area contributed by atoms with Crippen LogP contribution < -0.4 is 26.2 Å². The summed E-state index contributed by atoms with van der Waals surface area (Å²) in [5.74, 6) is 0. The number of hydrogen-bond donors (Lipinski definition) is 0. The standard InChI is InChI=1S/C60H41BN2/c1-3-20-46-42(16-1)44-18-5-7-22-48(44)52-34-40(26-28-50(46)52)62-56-24-11-25-57-60(56)61(54-30-36-12-9-14-38(36)32-58(54)62)55-31-37-13-10-15-39(37)33-59(55)63(57)41-27-29-51-47-21-4-2-17-43(47)45-19-6-8-23-49(45)53(51)35-41/h1-8,11,16-35H,9-10,12-15H2. The fourth-order valence-electron chi connectivity index (χ4n) is 12.7. The number of rotatable bonds is 2. The number of benzene rings is 11. The Kier molecular flexibility index (Phi) is 6.86. The molecule has 0 unspecified atom stereocenters. The molecule has 0 saturated carbocycles. The predicted molar refractivity (Wildman–Crippen MR) is 270 cm³/mol. The van der Waals surface area contributed by atoms with Crippen molar-refractivity contribution in [2.45, 2.75) is 38.5 Å². The second-order valence-corrected chi connectivity index (χ2v) is 18.5. The third kappa shape index (κ3) is 4.64. The summed E-state index contributed by atoms with van der Waals surface area (Å²) in [5.41, 5.74) is 18.0. The van der Waals surface area contributed by atoms with Crippen LogP contribution in [0.4, 0.5) is 34.1 Å². The van der Waals surface area contributed by atoms with Crippen LogP contribution in [-0.2, 0) is 25.7 Å². The highest BCUT2D eigenvalue weighted by Gasteiger charge is 2.44. The molecular weight excluding hydrogens is 759 g/mol. The van der Waals surface area contributed by atoms with Gasteiger partial charge >= 0.3 is 0 Å². The smallest absolute Gasteiger partial charge is 0.252 e. The van der Waals surface area contributed by atoms with Gasteiger partial charge in [0.25, 0.3) is 6.71 Å². The van der Waals surface area contributed by atoms with Gasteiger partial charge in [-0.2, -0.15) is 0 Å². The zero-order chi connectivity index (χ0) is 40.9. The van der Waals surface area contributed by atoms with Gasteiger partial charge in [0.05, 0.1) is 0 Å². The van der Waals surface area contributed by atoms with Crippen LogP contribution in [0.3, 0.4) is 0 Å². The van der Waals surface area contributed by atoms with Gasteiger partial charge in [0, 0.05) is 34.1 Å². The minimum atomic E-state index is 0.126. The molecule has 0 N–H and O–H groups in total. The molecule has 0 bridgehead atoms. The lowest BCUT2D eigenvalue weighted by atomic mass is 9.33. The van der Waals surface area contributed by atoms with Crippen LogP contribution in [-0.4, -0.2) is 6.71 Å². The summed E-state index contributed by atoms with van der Waals surface area (Å²) in [6.07, 6.45) is 7.04. The maximum Gasteiger partial charge on any atom is 0.252 e. The third-order valence-electron chi connectivity index (χ3n) is 15.4. The zero-order valence-electron chi connectivity index (χ0n) is 35.0. The van der Waals surface area contributed by atoms with E-state index in [1.807, 2.05) is 0 Å². The minimum Gasteiger partial charge on any atom is -0.311 e. The molecule has 3 heteroatoms. The van der Waals surface area contributed by atoms with Crippen LogP contribution in [0.25, 0.3) is 64.6 Å². The van der Waals surface area contributed by atoms with Gasteiger partial charge in [-0.15, -0.1) is 0 Å². The van der Waals surface area contributed by atoms with E-state index >= 15 is 0 Å². The molecule has 2 aliphatic carbocycles. The van der Waals surface area contributed by atoms with Crippen LogP contribution in [0.1, 0.15) is 35.1 Å². The number of nitrogens with zero attached hydrogens (tertiary/aromatic N) is 2. The predicted octanol–water partition coefficient (Wildman–Crippen LogP) is 13.7. The van der Waals surface area contributed by atoms with E-state index in [2.05, 4.69) is 186 Å². The zero-order valence-corrected chi connectivity index (χ0v) is 35.0. The molecule has 0 aromatic heterocycles. The Balaban J connectivity index is 1.02. The number of anilines is 6. The number of aryl methyl sites for hydroxylation is 4. The highest BCUT2D eigenvalue weighted by Crippen LogP contribution is 2.48. The van der Waals surface area contributed by atoms with E-state index < -0.39 is 0 Å². The summed E-state index contributed by atoms with van der Waals surface area (Å²) in [6.45, 7) is 0.126. The lowest BCUT2D eigenvalue weighted by Crippen LogP contribution is -2.61. The Morgan fingerprint density at radius 1 is 0.286 bits per heavy atom. The normalized spacial score (nSPS) is 14.8. The van der Waals surface area contributed by atoms with Crippen molar-refractivity contribution < 1.29 is 0 Å². The topological polar surface area (TPSA) is 6.48 Å². The molecule has 2 heterocycles. The monoisotopic (exact) mass is 800 g/mol. The maximum atomic E-state index is 2.63. The van der Waals surface area contributed by atoms with E-state index in [4.69, 9.17) is 0 Å². The van der Waals surface area contributed by atoms with E-state index in [0.717, 1.165) is 25.7 Å². The van der Waals surface area contributed by atoms with Gasteiger partial charge in [-0.3, -0.25) is 0 Å². The molecule has 11 aromatic rings. The van der Waals surface area contributed by atoms with E-state index in [0.29, 0.717) is 0 Å². The van der Waals surface area contributed by atoms with E-state index in [-0.39, 0.29) is 6.71 Å². The molecule has 4 aliphatic rings. The number of fused-ring (bicyclic) bond motifs is 18. The molecule has 15 rings (SSSR count). The molecule has 2 aliphatic heterocycles. The van der Waals surface area contributed by atoms with Crippen molar-refractivity contribution in [2.75, 3.05) is 9.80 Å². The lowest BCUT2D eigenvalue weighted by molar-refractivity contribution is 0.912. The molecule has 0 atom stereocenters. The summed E-state index contributed by atoms with van der Waals surface area (Å²) in [7, 11) is 0. The van der Waals surface area contributed by atoms with Crippen LogP contribution in [0.2, 0.25) is 0 Å². The second-order valence-electron chi connectivity index (χ2n) is 18.5. The fraction of sp³-hybridized carbons (Fsp3) is 0.100. The first-order valence-electron chi connectivity index (χ1n) is 23.0. The van der Waals surface area contributed by atoms with E-state index in [1.165, 1.54) is 150 Å². The molecule has 0 radical (unpaired) electrons. The third-order valence-corrected chi connectivity index (χ3v) is 15.4. The van der Waals surface area contributed by atoms with Gasteiger partial charge in [0.2, 0.25) is 0 Å². The van der Waals surface area contributed by atoms with Gasteiger partial charge in [-0.1, -0.05) is 127 Å². The van der Waals surface area contributed by atoms with Gasteiger partial charge in [0.15, 0.2) is 0 Å². The largest absolute Gasteiger partial charge is 0.311 e. The molecule has 0 fully saturated rings. The molecule has 0 saturated heterocycles. The first-order chi connectivity index (χ1) is 31.2. The van der Waals surface area contributed by atoms with Crippen molar-refractivity contribution in [2.24, 2.45) is 0 Å². The minimum absolute atomic E-state index is 0.126. The van der Waals surface area contributed by atoms with Crippen LogP contribution in [0.15, 0.2) is 176 Å². The van der Waals surface area contributed by atoms with Crippen molar-refractivity contribution >= 4 is 122 Å². The fourth-order valence-corrected chi connectivity index (χ4v) is 12.7. The molecule has 11 aromatic carbocycles. The van der Waals surface area contributed by atoms with Crippen LogP contribution in [0, 0.1) is 0 Å². The average molecular weight is 801 g/mol. The Hall–Kier alpha value is -7.36. The van der Waals surface area contributed by atoms with Crippen molar-refractivity contribution in [1.29, 1.82) is 0 Å². The molecule has 63 heavy (non-hydrogen) atoms. The molecule has 0 spiro atoms. The van der Waals surface area contributed by atoms with Gasteiger partial charge in [-0.25, -0.2) is 0 Å². The van der Waals surface area contributed by atoms with E-state index in [1.54, 1.807) is 0 Å². The summed E-state index contributed by atoms with van der Waals surface area (Å²) < 4.78 is 0. The molecule has 294 valence electrons. The van der Waals surface area contributed by atoms with Gasteiger partial charge < -0.3 is 9.80 Å². The Bertz CT molecular complexity index is 3530. The summed E-state index contributed by atoms with van der Waals surface area (Å²) >= 11 is 0. The Labute approximate surface area is 366 Å². The first kappa shape index (κ1) is 34.3. The number of hydrogen-bond acceptors (Lipinski definition) is 2. The van der Waals surface area contributed by atoms with Crippen LogP contribution in [0.5, 0.6) is 0 Å². The van der Waals surface area contributed by atoms with Crippen molar-refractivity contribution in [3.05, 3.63) is 198 Å². The van der Waals surface area contributed by atoms with Crippen molar-refractivity contribution in [3.8, 4) is 0 Å². The summed E-state index contributed by atoms with van der Waals surface area (Å²) in [5, 5.41) is 15.7. The SMILES string of the molecule is c1cc2c3c(c1)N(c1ccc4c5ccccc5c5ccccc5c4c1)c1cc4c(cc1B3c1cc3c(cc1N2c1ccc2c5ccccc5c5ccccc5c2c1)CCC3)CCC4. The first-order valence-corrected chi connectivity index (χ1v) is 23.0. The second kappa shape index (κ2) is 12.6. The summed E-state index contributed by atoms with van der Waals surface area (Å²) in [4.78, 5) is 5.26. The average Bonchev–Trinajstić information content (AvgIpc) is 4.02. The lowest BCUT2D eigenvalue weighted by Gasteiger charge is -2.44. The van der Waals surface area contributed by atoms with E-state index in [9.17, 15) is 0 Å². The van der Waals surface area contributed by atoms with Crippen molar-refractivity contribution in [3.63, 3.8) is 0 Å². The maximum absolute atomic E-state index is 2.63. The Morgan fingerprint density at radius 2 is 0.619 bits per heavy atom. The van der Waals surface area contributed by atoms with Crippen LogP contribution >= 0.6 is 0 Å².